The van der Waals surface area contributed by atoms with Crippen LogP contribution in [0.5, 0.6) is 0 Å². The number of nitriles is 1. The maximum absolute atomic E-state index is 8.97. The van der Waals surface area contributed by atoms with Crippen molar-refractivity contribution in [1.82, 2.24) is 0 Å². The molecule has 1 N–H and O–H groups in total. The monoisotopic (exact) mass is 212 g/mol. The molecule has 0 radical (unpaired) electrons. The van der Waals surface area contributed by atoms with E-state index in [-0.39, 0.29) is 0 Å². The molecule has 0 aliphatic heterocycles. The third kappa shape index (κ3) is 3.33. The second-order valence-electron chi connectivity index (χ2n) is 3.70. The van der Waals surface area contributed by atoms with Gasteiger partial charge in [0.2, 0.25) is 0 Å². The van der Waals surface area contributed by atoms with Gasteiger partial charge in [0.05, 0.1) is 11.3 Å². The van der Waals surface area contributed by atoms with Crippen molar-refractivity contribution in [3.8, 4) is 18.4 Å². The van der Waals surface area contributed by atoms with Gasteiger partial charge in [0.25, 0.3) is 0 Å². The van der Waals surface area contributed by atoms with Crippen molar-refractivity contribution < 1.29 is 0 Å². The summed E-state index contributed by atoms with van der Waals surface area (Å²) >= 11 is 0. The van der Waals surface area contributed by atoms with E-state index in [1.807, 2.05) is 25.1 Å². The van der Waals surface area contributed by atoms with E-state index in [2.05, 4.69) is 17.3 Å². The Bertz CT molecular complexity index is 421. The highest BCUT2D eigenvalue weighted by Crippen LogP contribution is 2.19. The van der Waals surface area contributed by atoms with Crippen molar-refractivity contribution in [1.29, 1.82) is 5.26 Å². The van der Waals surface area contributed by atoms with Crippen molar-refractivity contribution in [3.05, 3.63) is 29.3 Å². The number of anilines is 1. The van der Waals surface area contributed by atoms with E-state index in [1.165, 1.54) is 0 Å². The molecule has 1 rings (SSSR count). The van der Waals surface area contributed by atoms with Crippen LogP contribution >= 0.6 is 0 Å². The van der Waals surface area contributed by atoms with Gasteiger partial charge in [-0.25, -0.2) is 0 Å². The molecular formula is C14H16N2. The second kappa shape index (κ2) is 6.53. The van der Waals surface area contributed by atoms with Crippen LogP contribution in [0.1, 0.15) is 30.4 Å². The molecule has 0 atom stereocenters. The average Bonchev–Trinajstić information content (AvgIpc) is 2.30. The molecule has 0 amide bonds. The molecule has 0 fully saturated rings. The minimum atomic E-state index is 0.706. The Morgan fingerprint density at radius 3 is 2.88 bits per heavy atom. The molecule has 82 valence electrons. The van der Waals surface area contributed by atoms with Crippen LogP contribution < -0.4 is 5.32 Å². The molecule has 1 aromatic carbocycles. The number of para-hydroxylation sites is 1. The molecule has 1 aromatic rings. The van der Waals surface area contributed by atoms with Gasteiger partial charge in [-0.1, -0.05) is 12.1 Å². The van der Waals surface area contributed by atoms with Crippen LogP contribution in [0.3, 0.4) is 0 Å². The third-order valence-corrected chi connectivity index (χ3v) is 2.44. The number of hydrogen-bond donors (Lipinski definition) is 1. The van der Waals surface area contributed by atoms with Crippen LogP contribution in [-0.4, -0.2) is 6.54 Å². The number of benzene rings is 1. The fourth-order valence-electron chi connectivity index (χ4n) is 1.56. The summed E-state index contributed by atoms with van der Waals surface area (Å²) in [7, 11) is 0. The second-order valence-corrected chi connectivity index (χ2v) is 3.70. The standard InChI is InChI=1S/C14H16N2/c1-3-4-5-6-10-16-14-12(2)8-7-9-13(14)11-15/h1,7-9,16H,4-6,10H2,2H3. The third-order valence-electron chi connectivity index (χ3n) is 2.44. The van der Waals surface area contributed by atoms with E-state index < -0.39 is 0 Å². The van der Waals surface area contributed by atoms with Crippen molar-refractivity contribution in [3.63, 3.8) is 0 Å². The SMILES string of the molecule is C#CCCCCNc1c(C)cccc1C#N. The van der Waals surface area contributed by atoms with Crippen LogP contribution in [0, 0.1) is 30.6 Å². The Hall–Kier alpha value is -1.93. The van der Waals surface area contributed by atoms with E-state index in [1.54, 1.807) is 0 Å². The summed E-state index contributed by atoms with van der Waals surface area (Å²) in [5.41, 5.74) is 2.76. The van der Waals surface area contributed by atoms with Gasteiger partial charge < -0.3 is 5.32 Å². The molecule has 0 aromatic heterocycles. The largest absolute Gasteiger partial charge is 0.384 e. The van der Waals surface area contributed by atoms with Gasteiger partial charge in [-0.3, -0.25) is 0 Å². The number of hydrogen-bond acceptors (Lipinski definition) is 2. The summed E-state index contributed by atoms with van der Waals surface area (Å²) in [4.78, 5) is 0. The maximum atomic E-state index is 8.97. The molecule has 16 heavy (non-hydrogen) atoms. The zero-order chi connectivity index (χ0) is 11.8. The van der Waals surface area contributed by atoms with Gasteiger partial charge in [0.1, 0.15) is 6.07 Å². The van der Waals surface area contributed by atoms with E-state index in [4.69, 9.17) is 11.7 Å². The Labute approximate surface area is 97.3 Å². The molecule has 0 bridgehead atoms. The first-order valence-corrected chi connectivity index (χ1v) is 5.46. The van der Waals surface area contributed by atoms with Gasteiger partial charge in [-0.15, -0.1) is 12.3 Å². The summed E-state index contributed by atoms with van der Waals surface area (Å²) in [6, 6.07) is 7.93. The highest BCUT2D eigenvalue weighted by Gasteiger charge is 2.03. The smallest absolute Gasteiger partial charge is 0.101 e. The average molecular weight is 212 g/mol. The Kier molecular flexibility index (Phi) is 4.96. The molecule has 0 saturated heterocycles. The Morgan fingerprint density at radius 1 is 1.38 bits per heavy atom. The maximum Gasteiger partial charge on any atom is 0.101 e. The van der Waals surface area contributed by atoms with Crippen LogP contribution in [0.2, 0.25) is 0 Å². The number of nitrogens with zero attached hydrogens (tertiary/aromatic N) is 1. The van der Waals surface area contributed by atoms with Gasteiger partial charge in [-0.05, 0) is 31.4 Å². The predicted molar refractivity (Wildman–Crippen MR) is 67.1 cm³/mol. The van der Waals surface area contributed by atoms with Gasteiger partial charge in [0.15, 0.2) is 0 Å². The predicted octanol–water partition coefficient (Wildman–Crippen LogP) is 3.08. The van der Waals surface area contributed by atoms with Crippen molar-refractivity contribution in [2.24, 2.45) is 0 Å². The minimum Gasteiger partial charge on any atom is -0.384 e. The minimum absolute atomic E-state index is 0.706. The topological polar surface area (TPSA) is 35.8 Å². The van der Waals surface area contributed by atoms with E-state index >= 15 is 0 Å². The molecule has 0 saturated carbocycles. The number of aryl methyl sites for hydroxylation is 1. The highest BCUT2D eigenvalue weighted by atomic mass is 14.9. The number of rotatable bonds is 5. The van der Waals surface area contributed by atoms with Gasteiger partial charge in [-0.2, -0.15) is 5.26 Å². The van der Waals surface area contributed by atoms with Crippen molar-refractivity contribution in [2.75, 3.05) is 11.9 Å². The Balaban J connectivity index is 2.54. The van der Waals surface area contributed by atoms with Crippen LogP contribution in [-0.2, 0) is 0 Å². The normalized spacial score (nSPS) is 9.19. The first-order valence-electron chi connectivity index (χ1n) is 5.46. The van der Waals surface area contributed by atoms with E-state index in [0.717, 1.165) is 37.1 Å². The van der Waals surface area contributed by atoms with Gasteiger partial charge >= 0.3 is 0 Å². The van der Waals surface area contributed by atoms with E-state index in [9.17, 15) is 0 Å². The van der Waals surface area contributed by atoms with Crippen LogP contribution in [0.25, 0.3) is 0 Å². The van der Waals surface area contributed by atoms with Crippen LogP contribution in [0.15, 0.2) is 18.2 Å². The fourth-order valence-corrected chi connectivity index (χ4v) is 1.56. The molecule has 0 spiro atoms. The summed E-state index contributed by atoms with van der Waals surface area (Å²) in [5.74, 6) is 2.62. The zero-order valence-corrected chi connectivity index (χ0v) is 9.59. The summed E-state index contributed by atoms with van der Waals surface area (Å²) in [6.07, 6.45) is 8.05. The molecule has 2 nitrogen and oxygen atoms in total. The molecule has 0 heterocycles. The lowest BCUT2D eigenvalue weighted by Crippen LogP contribution is -2.04. The molecule has 0 aliphatic rings. The summed E-state index contributed by atoms with van der Waals surface area (Å²) in [5, 5.41) is 12.3. The number of unbranched alkanes of at least 4 members (excludes halogenated alkanes) is 2. The van der Waals surface area contributed by atoms with Crippen molar-refractivity contribution in [2.45, 2.75) is 26.2 Å². The van der Waals surface area contributed by atoms with Crippen molar-refractivity contribution >= 4 is 5.69 Å². The lowest BCUT2D eigenvalue weighted by atomic mass is 10.1. The number of terminal acetylenes is 1. The number of nitrogens with one attached hydrogen (secondary N) is 1. The first-order chi connectivity index (χ1) is 7.79. The Morgan fingerprint density at radius 2 is 2.19 bits per heavy atom. The van der Waals surface area contributed by atoms with Gasteiger partial charge in [0, 0.05) is 13.0 Å². The molecule has 2 heteroatoms. The zero-order valence-electron chi connectivity index (χ0n) is 9.59. The molecule has 0 unspecified atom stereocenters. The molecular weight excluding hydrogens is 196 g/mol. The molecule has 0 aliphatic carbocycles. The van der Waals surface area contributed by atoms with E-state index in [0.29, 0.717) is 5.56 Å². The lowest BCUT2D eigenvalue weighted by molar-refractivity contribution is 0.789. The lowest BCUT2D eigenvalue weighted by Gasteiger charge is -2.10. The summed E-state index contributed by atoms with van der Waals surface area (Å²) in [6.45, 7) is 2.87. The van der Waals surface area contributed by atoms with Crippen LogP contribution in [0.4, 0.5) is 5.69 Å². The first kappa shape index (κ1) is 12.1. The quantitative estimate of drug-likeness (QED) is 0.601. The summed E-state index contributed by atoms with van der Waals surface area (Å²) < 4.78 is 0. The highest BCUT2D eigenvalue weighted by molar-refractivity contribution is 5.62. The fraction of sp³-hybridized carbons (Fsp3) is 0.357.